The second-order valence-electron chi connectivity index (χ2n) is 24.9. The molecule has 0 rings (SSSR count). The molecule has 6 heteroatoms. The average molecular weight is 1100 g/mol. The Labute approximate surface area is 488 Å². The van der Waals surface area contributed by atoms with E-state index < -0.39 is 6.10 Å². The third kappa shape index (κ3) is 65.2. The first-order valence-electron chi connectivity index (χ1n) is 36.0. The molecule has 0 amide bonds. The quantitative estimate of drug-likeness (QED) is 0.0343. The molecule has 1 unspecified atom stereocenters. The fraction of sp³-hybridized carbons (Fsp3) is 0.958. The largest absolute Gasteiger partial charge is 0.462 e. The fourth-order valence-corrected chi connectivity index (χ4v) is 11.5. The standard InChI is InChI=1S/C72H140O6/c1-4-7-10-13-15-17-19-21-23-25-27-29-31-32-33-34-35-36-37-38-39-41-42-44-46-48-50-52-54-56-59-62-65-71(74)77-68-69(67-76-70(73)64-61-58-12-9-6-3)78-72(75)66-63-60-57-55-53-51-49-47-45-43-40-30-28-26-24-22-20-18-16-14-11-8-5-2/h69H,4-68H2,1-3H3. The molecule has 0 N–H and O–H groups in total. The van der Waals surface area contributed by atoms with Crippen molar-refractivity contribution in [3.63, 3.8) is 0 Å². The first kappa shape index (κ1) is 76.4. The van der Waals surface area contributed by atoms with Crippen molar-refractivity contribution in [3.8, 4) is 0 Å². The molecule has 0 aliphatic rings. The van der Waals surface area contributed by atoms with Crippen LogP contribution in [0, 0.1) is 0 Å². The summed E-state index contributed by atoms with van der Waals surface area (Å²) in [5.41, 5.74) is 0. The van der Waals surface area contributed by atoms with Crippen molar-refractivity contribution in [2.24, 2.45) is 0 Å². The normalized spacial score (nSPS) is 11.9. The van der Waals surface area contributed by atoms with Gasteiger partial charge >= 0.3 is 17.9 Å². The molecule has 0 fully saturated rings. The van der Waals surface area contributed by atoms with E-state index in [0.29, 0.717) is 19.3 Å². The summed E-state index contributed by atoms with van der Waals surface area (Å²) in [6.07, 6.45) is 80.7. The molecule has 0 aromatic rings. The number of hydrogen-bond acceptors (Lipinski definition) is 6. The van der Waals surface area contributed by atoms with E-state index >= 15 is 0 Å². The number of carbonyl (C=O) groups is 3. The van der Waals surface area contributed by atoms with Gasteiger partial charge in [0.1, 0.15) is 13.2 Å². The molecule has 0 aliphatic carbocycles. The summed E-state index contributed by atoms with van der Waals surface area (Å²) in [4.78, 5) is 38.0. The van der Waals surface area contributed by atoms with Gasteiger partial charge in [0.25, 0.3) is 0 Å². The summed E-state index contributed by atoms with van der Waals surface area (Å²) < 4.78 is 16.8. The lowest BCUT2D eigenvalue weighted by molar-refractivity contribution is -0.167. The molecule has 0 saturated heterocycles. The Kier molecular flexibility index (Phi) is 66.5. The van der Waals surface area contributed by atoms with Crippen LogP contribution in [0.25, 0.3) is 0 Å². The highest BCUT2D eigenvalue weighted by Gasteiger charge is 2.19. The van der Waals surface area contributed by atoms with Crippen molar-refractivity contribution >= 4 is 17.9 Å². The van der Waals surface area contributed by atoms with E-state index in [0.717, 1.165) is 64.2 Å². The van der Waals surface area contributed by atoms with E-state index in [4.69, 9.17) is 14.2 Å². The predicted molar refractivity (Wildman–Crippen MR) is 340 cm³/mol. The lowest BCUT2D eigenvalue weighted by Gasteiger charge is -2.18. The van der Waals surface area contributed by atoms with Gasteiger partial charge in [0.2, 0.25) is 0 Å². The molecule has 0 aromatic heterocycles. The van der Waals surface area contributed by atoms with Crippen LogP contribution in [-0.4, -0.2) is 37.2 Å². The van der Waals surface area contributed by atoms with Crippen LogP contribution in [0.3, 0.4) is 0 Å². The van der Waals surface area contributed by atoms with Gasteiger partial charge in [-0.05, 0) is 19.3 Å². The number of ether oxygens (including phenoxy) is 3. The smallest absolute Gasteiger partial charge is 0.306 e. The van der Waals surface area contributed by atoms with Crippen LogP contribution >= 0.6 is 0 Å². The van der Waals surface area contributed by atoms with Crippen molar-refractivity contribution in [3.05, 3.63) is 0 Å². The van der Waals surface area contributed by atoms with Crippen molar-refractivity contribution < 1.29 is 28.6 Å². The van der Waals surface area contributed by atoms with Crippen LogP contribution in [0.1, 0.15) is 425 Å². The Morgan fingerprint density at radius 3 is 0.513 bits per heavy atom. The van der Waals surface area contributed by atoms with Crippen LogP contribution in [-0.2, 0) is 28.6 Å². The second-order valence-corrected chi connectivity index (χ2v) is 24.9. The van der Waals surface area contributed by atoms with Crippen LogP contribution in [0.4, 0.5) is 0 Å². The monoisotopic (exact) mass is 1100 g/mol. The topological polar surface area (TPSA) is 78.9 Å². The van der Waals surface area contributed by atoms with Crippen molar-refractivity contribution in [2.75, 3.05) is 13.2 Å². The van der Waals surface area contributed by atoms with Crippen LogP contribution in [0.15, 0.2) is 0 Å². The first-order chi connectivity index (χ1) is 38.5. The molecule has 0 aliphatic heterocycles. The van der Waals surface area contributed by atoms with E-state index in [1.165, 1.54) is 321 Å². The molecule has 464 valence electrons. The maximum atomic E-state index is 12.8. The van der Waals surface area contributed by atoms with Gasteiger partial charge in [-0.3, -0.25) is 14.4 Å². The molecule has 0 heterocycles. The van der Waals surface area contributed by atoms with E-state index in [1.54, 1.807) is 0 Å². The Morgan fingerprint density at radius 1 is 0.205 bits per heavy atom. The zero-order chi connectivity index (χ0) is 56.4. The van der Waals surface area contributed by atoms with Gasteiger partial charge in [-0.25, -0.2) is 0 Å². The summed E-state index contributed by atoms with van der Waals surface area (Å²) in [6.45, 7) is 6.65. The average Bonchev–Trinajstić information content (AvgIpc) is 3.44. The third-order valence-electron chi connectivity index (χ3n) is 16.9. The molecule has 0 radical (unpaired) electrons. The summed E-state index contributed by atoms with van der Waals surface area (Å²) in [6, 6.07) is 0. The van der Waals surface area contributed by atoms with Gasteiger partial charge in [-0.2, -0.15) is 0 Å². The van der Waals surface area contributed by atoms with E-state index in [-0.39, 0.29) is 31.1 Å². The molecule has 78 heavy (non-hydrogen) atoms. The molecular weight excluding hydrogens is 961 g/mol. The Bertz CT molecular complexity index is 1170. The Hall–Kier alpha value is -1.59. The molecule has 6 nitrogen and oxygen atoms in total. The number of unbranched alkanes of at least 4 members (excludes halogenated alkanes) is 57. The zero-order valence-corrected chi connectivity index (χ0v) is 53.5. The highest BCUT2D eigenvalue weighted by Crippen LogP contribution is 2.20. The summed E-state index contributed by atoms with van der Waals surface area (Å²) >= 11 is 0. The molecule has 1 atom stereocenters. The Balaban J connectivity index is 3.86. The minimum Gasteiger partial charge on any atom is -0.462 e. The van der Waals surface area contributed by atoms with Gasteiger partial charge in [-0.1, -0.05) is 387 Å². The fourth-order valence-electron chi connectivity index (χ4n) is 11.5. The lowest BCUT2D eigenvalue weighted by atomic mass is 10.0. The van der Waals surface area contributed by atoms with E-state index in [2.05, 4.69) is 20.8 Å². The molecule has 0 saturated carbocycles. The van der Waals surface area contributed by atoms with Gasteiger partial charge in [0, 0.05) is 19.3 Å². The summed E-state index contributed by atoms with van der Waals surface area (Å²) in [5.74, 6) is -0.842. The van der Waals surface area contributed by atoms with Crippen molar-refractivity contribution in [1.29, 1.82) is 0 Å². The summed E-state index contributed by atoms with van der Waals surface area (Å²) in [5, 5.41) is 0. The van der Waals surface area contributed by atoms with Crippen LogP contribution in [0.2, 0.25) is 0 Å². The van der Waals surface area contributed by atoms with Crippen molar-refractivity contribution in [1.82, 2.24) is 0 Å². The minimum absolute atomic E-state index is 0.0621. The van der Waals surface area contributed by atoms with E-state index in [1.807, 2.05) is 0 Å². The second kappa shape index (κ2) is 67.9. The van der Waals surface area contributed by atoms with Gasteiger partial charge in [0.15, 0.2) is 6.10 Å². The third-order valence-corrected chi connectivity index (χ3v) is 16.9. The predicted octanol–water partition coefficient (Wildman–Crippen LogP) is 24.6. The molecule has 0 aromatic carbocycles. The van der Waals surface area contributed by atoms with Crippen LogP contribution in [0.5, 0.6) is 0 Å². The number of carbonyl (C=O) groups excluding carboxylic acids is 3. The van der Waals surface area contributed by atoms with Gasteiger partial charge in [-0.15, -0.1) is 0 Å². The summed E-state index contributed by atoms with van der Waals surface area (Å²) in [7, 11) is 0. The maximum absolute atomic E-state index is 12.8. The molecule has 0 bridgehead atoms. The van der Waals surface area contributed by atoms with Gasteiger partial charge in [0.05, 0.1) is 0 Å². The first-order valence-corrected chi connectivity index (χ1v) is 36.0. The van der Waals surface area contributed by atoms with Crippen LogP contribution < -0.4 is 0 Å². The Morgan fingerprint density at radius 2 is 0.346 bits per heavy atom. The highest BCUT2D eigenvalue weighted by molar-refractivity contribution is 5.71. The van der Waals surface area contributed by atoms with E-state index in [9.17, 15) is 14.4 Å². The number of rotatable bonds is 68. The minimum atomic E-state index is -0.761. The highest BCUT2D eigenvalue weighted by atomic mass is 16.6. The number of esters is 3. The maximum Gasteiger partial charge on any atom is 0.306 e. The molecule has 0 spiro atoms. The van der Waals surface area contributed by atoms with Gasteiger partial charge < -0.3 is 14.2 Å². The SMILES string of the molecule is CCCCCCCCCCCCCCCCCCCCCCCCCCCCCCCCCCC(=O)OCC(COC(=O)CCCCCCC)OC(=O)CCCCCCCCCCCCCCCCCCCCCCCCC. The lowest BCUT2D eigenvalue weighted by Crippen LogP contribution is -2.30. The van der Waals surface area contributed by atoms with Crippen molar-refractivity contribution in [2.45, 2.75) is 431 Å². The zero-order valence-electron chi connectivity index (χ0n) is 53.5. The number of hydrogen-bond donors (Lipinski definition) is 0. The molecular formula is C72H140O6.